The molecule has 1 N–H and O–H groups in total. The van der Waals surface area contributed by atoms with Crippen molar-refractivity contribution in [3.63, 3.8) is 0 Å². The van der Waals surface area contributed by atoms with E-state index in [1.165, 1.54) is 7.11 Å². The maximum atomic E-state index is 12.0. The summed E-state index contributed by atoms with van der Waals surface area (Å²) in [4.78, 5) is 40.8. The smallest absolute Gasteiger partial charge is 0.340 e. The van der Waals surface area contributed by atoms with Gasteiger partial charge in [0.25, 0.3) is 0 Å². The first-order chi connectivity index (χ1) is 23.8. The third-order valence-corrected chi connectivity index (χ3v) is 8.45. The summed E-state index contributed by atoms with van der Waals surface area (Å²) in [6.45, 7) is 1.09. The van der Waals surface area contributed by atoms with E-state index >= 15 is 0 Å². The molecular formula is C38H30Cl2N6O4. The highest BCUT2D eigenvalue weighted by molar-refractivity contribution is 6.31. The second-order valence-electron chi connectivity index (χ2n) is 11.2. The van der Waals surface area contributed by atoms with Crippen LogP contribution in [0.3, 0.4) is 0 Å². The lowest BCUT2D eigenvalue weighted by Gasteiger charge is -2.06. The van der Waals surface area contributed by atoms with Gasteiger partial charge in [-0.15, -0.1) is 0 Å². The molecule has 0 spiro atoms. The number of rotatable bonds is 6. The first-order valence-electron chi connectivity index (χ1n) is 15.0. The van der Waals surface area contributed by atoms with Gasteiger partial charge < -0.3 is 19.0 Å². The van der Waals surface area contributed by atoms with Crippen molar-refractivity contribution in [3.05, 3.63) is 142 Å². The third kappa shape index (κ3) is 6.84. The number of nitrogens with zero attached hydrogens (tertiary/aromatic N) is 6. The number of aromatic carboxylic acids is 1. The number of esters is 1. The summed E-state index contributed by atoms with van der Waals surface area (Å²) in [5, 5.41) is 13.9. The van der Waals surface area contributed by atoms with Gasteiger partial charge in [0.05, 0.1) is 39.3 Å². The molecule has 0 saturated carbocycles. The van der Waals surface area contributed by atoms with Crippen LogP contribution in [-0.4, -0.2) is 53.2 Å². The van der Waals surface area contributed by atoms with E-state index in [0.29, 0.717) is 39.7 Å². The molecule has 2 aromatic carbocycles. The Morgan fingerprint density at radius 2 is 1.18 bits per heavy atom. The molecule has 6 heterocycles. The first kappa shape index (κ1) is 34.0. The number of benzene rings is 2. The molecule has 0 saturated heterocycles. The number of halogens is 2. The molecule has 0 aliphatic rings. The minimum atomic E-state index is -0.957. The Morgan fingerprint density at radius 3 is 1.66 bits per heavy atom. The van der Waals surface area contributed by atoms with Gasteiger partial charge in [0.15, 0.2) is 0 Å². The molecule has 50 heavy (non-hydrogen) atoms. The van der Waals surface area contributed by atoms with Crippen LogP contribution in [0.4, 0.5) is 0 Å². The summed E-state index contributed by atoms with van der Waals surface area (Å²) in [6, 6.07) is 22.9. The lowest BCUT2D eigenvalue weighted by molar-refractivity contribution is 0.0601. The largest absolute Gasteiger partial charge is 0.478 e. The summed E-state index contributed by atoms with van der Waals surface area (Å²) >= 11 is 12.0. The van der Waals surface area contributed by atoms with Crippen molar-refractivity contribution in [1.29, 1.82) is 0 Å². The molecule has 0 atom stereocenters. The standard InChI is InChI=1S/C19H14ClN3O2.C18H12ClN3O2.CH4/c1-25-19(24)16-11-23(18-15(16)3-2-6-21-18)10-12-4-5-17-13(7-12)8-14(20)9-22-17;19-13-7-12-6-11(3-4-16(12)21-8-13)9-22-10-15(18(23)24)14-2-1-5-20-17(14)22;/h2-9,11H,10H2,1H3;1-8,10H,9H2,(H,23,24);1H4. The van der Waals surface area contributed by atoms with Gasteiger partial charge in [-0.1, -0.05) is 42.8 Å². The van der Waals surface area contributed by atoms with Crippen molar-refractivity contribution in [1.82, 2.24) is 29.1 Å². The average Bonchev–Trinajstić information content (AvgIpc) is 3.66. The van der Waals surface area contributed by atoms with Crippen LogP contribution in [0.1, 0.15) is 39.3 Å². The second-order valence-corrected chi connectivity index (χ2v) is 12.1. The Morgan fingerprint density at radius 1 is 0.700 bits per heavy atom. The van der Waals surface area contributed by atoms with Crippen LogP contribution >= 0.6 is 23.2 Å². The van der Waals surface area contributed by atoms with Gasteiger partial charge >= 0.3 is 11.9 Å². The van der Waals surface area contributed by atoms with Crippen molar-refractivity contribution >= 4 is 79.0 Å². The highest BCUT2D eigenvalue weighted by atomic mass is 35.5. The van der Waals surface area contributed by atoms with Crippen LogP contribution in [-0.2, 0) is 17.8 Å². The predicted octanol–water partition coefficient (Wildman–Crippen LogP) is 8.69. The Bertz CT molecular complexity index is 2550. The number of hydrogen-bond donors (Lipinski definition) is 1. The molecule has 8 rings (SSSR count). The van der Waals surface area contributed by atoms with Gasteiger partial charge in [-0.25, -0.2) is 19.6 Å². The minimum Gasteiger partial charge on any atom is -0.478 e. The topological polar surface area (TPSA) is 125 Å². The van der Waals surface area contributed by atoms with Crippen molar-refractivity contribution < 1.29 is 19.4 Å². The Balaban J connectivity index is 0.000000170. The van der Waals surface area contributed by atoms with Crippen LogP contribution in [0.2, 0.25) is 10.0 Å². The molecule has 0 amide bonds. The number of aromatic nitrogens is 6. The summed E-state index contributed by atoms with van der Waals surface area (Å²) in [6.07, 6.45) is 10.0. The molecule has 0 aliphatic carbocycles. The van der Waals surface area contributed by atoms with Crippen molar-refractivity contribution in [2.24, 2.45) is 0 Å². The van der Waals surface area contributed by atoms with E-state index in [2.05, 4.69) is 19.9 Å². The zero-order valence-corrected chi connectivity index (χ0v) is 27.4. The zero-order chi connectivity index (χ0) is 34.1. The van der Waals surface area contributed by atoms with Crippen molar-refractivity contribution in [3.8, 4) is 0 Å². The van der Waals surface area contributed by atoms with E-state index in [9.17, 15) is 14.7 Å². The van der Waals surface area contributed by atoms with Gasteiger partial charge in [-0.05, 0) is 71.8 Å². The van der Waals surface area contributed by atoms with Gasteiger partial charge in [-0.3, -0.25) is 9.97 Å². The molecular weight excluding hydrogens is 675 g/mol. The van der Waals surface area contributed by atoms with E-state index < -0.39 is 5.97 Å². The van der Waals surface area contributed by atoms with Gasteiger partial charge in [-0.2, -0.15) is 0 Å². The fourth-order valence-corrected chi connectivity index (χ4v) is 6.16. The predicted molar refractivity (Wildman–Crippen MR) is 196 cm³/mol. The lowest BCUT2D eigenvalue weighted by atomic mass is 10.1. The van der Waals surface area contributed by atoms with Crippen LogP contribution in [0, 0.1) is 0 Å². The summed E-state index contributed by atoms with van der Waals surface area (Å²) in [5.41, 5.74) is 6.00. The van der Waals surface area contributed by atoms with Crippen LogP contribution in [0.25, 0.3) is 43.9 Å². The molecule has 6 aromatic heterocycles. The summed E-state index contributed by atoms with van der Waals surface area (Å²) in [7, 11) is 1.38. The Labute approximate surface area is 296 Å². The van der Waals surface area contributed by atoms with E-state index in [0.717, 1.165) is 44.0 Å². The molecule has 10 nitrogen and oxygen atoms in total. The Hall–Kier alpha value is -5.84. The fraction of sp³-hybridized carbons (Fsp3) is 0.105. The number of carboxylic acid groups (broad SMARTS) is 1. The molecule has 0 unspecified atom stereocenters. The molecule has 250 valence electrons. The van der Waals surface area contributed by atoms with Crippen molar-refractivity contribution in [2.75, 3.05) is 7.11 Å². The van der Waals surface area contributed by atoms with Crippen molar-refractivity contribution in [2.45, 2.75) is 20.5 Å². The summed E-state index contributed by atoms with van der Waals surface area (Å²) in [5.74, 6) is -1.33. The van der Waals surface area contributed by atoms with E-state index in [1.807, 2.05) is 69.8 Å². The fourth-order valence-electron chi connectivity index (χ4n) is 5.83. The minimum absolute atomic E-state index is 0. The summed E-state index contributed by atoms with van der Waals surface area (Å²) < 4.78 is 8.67. The number of fused-ring (bicyclic) bond motifs is 4. The van der Waals surface area contributed by atoms with Gasteiger partial charge in [0, 0.05) is 71.8 Å². The van der Waals surface area contributed by atoms with E-state index in [4.69, 9.17) is 27.9 Å². The van der Waals surface area contributed by atoms with E-state index in [1.54, 1.807) is 49.3 Å². The molecule has 0 aliphatic heterocycles. The van der Waals surface area contributed by atoms with Gasteiger partial charge in [0.1, 0.15) is 11.3 Å². The monoisotopic (exact) mass is 704 g/mol. The highest BCUT2D eigenvalue weighted by Gasteiger charge is 2.17. The first-order valence-corrected chi connectivity index (χ1v) is 15.8. The third-order valence-electron chi connectivity index (χ3n) is 8.03. The second kappa shape index (κ2) is 14.3. The average molecular weight is 706 g/mol. The normalized spacial score (nSPS) is 10.9. The SMILES string of the molecule is C.COC(=O)c1cn(Cc2ccc3ncc(Cl)cc3c2)c2ncccc12.O=C(O)c1cn(Cc2ccc3ncc(Cl)cc3c2)c2ncccc12. The number of ether oxygens (including phenoxy) is 1. The number of methoxy groups -OCH3 is 1. The number of carboxylic acids is 1. The zero-order valence-electron chi connectivity index (χ0n) is 25.9. The van der Waals surface area contributed by atoms with Crippen LogP contribution in [0.5, 0.6) is 0 Å². The number of hydrogen-bond acceptors (Lipinski definition) is 7. The molecule has 8 aromatic rings. The highest BCUT2D eigenvalue weighted by Crippen LogP contribution is 2.25. The Kier molecular flexibility index (Phi) is 9.76. The lowest BCUT2D eigenvalue weighted by Crippen LogP contribution is -2.01. The van der Waals surface area contributed by atoms with Crippen LogP contribution < -0.4 is 0 Å². The van der Waals surface area contributed by atoms with E-state index in [-0.39, 0.29) is 19.0 Å². The molecule has 0 bridgehead atoms. The number of pyridine rings is 4. The molecule has 0 fully saturated rings. The molecule has 0 radical (unpaired) electrons. The maximum absolute atomic E-state index is 12.0. The number of carbonyl (C=O) groups is 2. The van der Waals surface area contributed by atoms with Crippen LogP contribution in [0.15, 0.2) is 110 Å². The number of carbonyl (C=O) groups excluding carboxylic acids is 1. The van der Waals surface area contributed by atoms with Gasteiger partial charge in [0.2, 0.25) is 0 Å². The maximum Gasteiger partial charge on any atom is 0.340 e. The quantitative estimate of drug-likeness (QED) is 0.170. The molecule has 12 heteroatoms.